The van der Waals surface area contributed by atoms with Crippen LogP contribution in [0.25, 0.3) is 11.0 Å². The summed E-state index contributed by atoms with van der Waals surface area (Å²) in [6.07, 6.45) is 1.56. The molecule has 0 atom stereocenters. The number of nitrogens with one attached hydrogen (secondary N) is 2. The summed E-state index contributed by atoms with van der Waals surface area (Å²) < 4.78 is 28.3. The van der Waals surface area contributed by atoms with Crippen LogP contribution in [0.3, 0.4) is 0 Å². The van der Waals surface area contributed by atoms with Gasteiger partial charge in [-0.05, 0) is 61.4 Å². The van der Waals surface area contributed by atoms with E-state index in [1.807, 2.05) is 24.3 Å². The second-order valence-corrected chi connectivity index (χ2v) is 10.4. The van der Waals surface area contributed by atoms with Crippen LogP contribution in [0, 0.1) is 0 Å². The molecule has 0 spiro atoms. The number of fused-ring (bicyclic) bond motifs is 1. The highest BCUT2D eigenvalue weighted by Crippen LogP contribution is 2.30. The Labute approximate surface area is 202 Å². The largest absolute Gasteiger partial charge is 0.342 e. The van der Waals surface area contributed by atoms with E-state index in [4.69, 9.17) is 16.6 Å². The van der Waals surface area contributed by atoms with Gasteiger partial charge in [-0.15, -0.1) is 0 Å². The quantitative estimate of drug-likeness (QED) is 0.406. The maximum Gasteiger partial charge on any atom is 0.261 e. The molecule has 1 aliphatic heterocycles. The van der Waals surface area contributed by atoms with Crippen molar-refractivity contribution >= 4 is 44.3 Å². The SMILES string of the molecule is O=C(c1ccccc1NS(=O)(=O)c1ccc(Cl)cc1)N1CCC(c2nc3ccccc3[nH]2)CC1. The molecule has 3 aromatic carbocycles. The lowest BCUT2D eigenvalue weighted by Crippen LogP contribution is -2.38. The molecule has 0 radical (unpaired) electrons. The van der Waals surface area contributed by atoms with Crippen molar-refractivity contribution in [1.82, 2.24) is 14.9 Å². The van der Waals surface area contributed by atoms with Crippen molar-refractivity contribution in [1.29, 1.82) is 0 Å². The van der Waals surface area contributed by atoms with Crippen LogP contribution in [0.15, 0.2) is 77.7 Å². The molecule has 0 aliphatic carbocycles. The summed E-state index contributed by atoms with van der Waals surface area (Å²) in [6, 6.07) is 20.5. The van der Waals surface area contributed by atoms with Crippen molar-refractivity contribution in [3.05, 3.63) is 89.2 Å². The number of halogens is 1. The Morgan fingerprint density at radius 3 is 2.38 bits per heavy atom. The molecule has 1 fully saturated rings. The van der Waals surface area contributed by atoms with E-state index in [1.165, 1.54) is 24.3 Å². The van der Waals surface area contributed by atoms with Gasteiger partial charge in [0.1, 0.15) is 5.82 Å². The minimum atomic E-state index is -3.87. The first-order chi connectivity index (χ1) is 16.4. The summed E-state index contributed by atoms with van der Waals surface area (Å²) in [5, 5.41) is 0.445. The Morgan fingerprint density at radius 2 is 1.65 bits per heavy atom. The Kier molecular flexibility index (Phi) is 6.02. The van der Waals surface area contributed by atoms with Crippen LogP contribution in [0.1, 0.15) is 34.9 Å². The Balaban J connectivity index is 1.30. The molecule has 4 aromatic rings. The van der Waals surface area contributed by atoms with E-state index in [2.05, 4.69) is 9.71 Å². The van der Waals surface area contributed by atoms with Crippen molar-refractivity contribution in [2.24, 2.45) is 0 Å². The number of anilines is 1. The van der Waals surface area contributed by atoms with Gasteiger partial charge in [0.2, 0.25) is 0 Å². The number of carbonyl (C=O) groups excluding carboxylic acids is 1. The molecule has 7 nitrogen and oxygen atoms in total. The molecule has 0 bridgehead atoms. The van der Waals surface area contributed by atoms with Gasteiger partial charge in [0.15, 0.2) is 0 Å². The lowest BCUT2D eigenvalue weighted by molar-refractivity contribution is 0.0712. The summed E-state index contributed by atoms with van der Waals surface area (Å²) in [5.41, 5.74) is 2.53. The monoisotopic (exact) mass is 494 g/mol. The zero-order chi connectivity index (χ0) is 23.7. The molecule has 1 amide bonds. The number of amides is 1. The third-order valence-corrected chi connectivity index (χ3v) is 7.74. The molecule has 5 rings (SSSR count). The number of benzene rings is 3. The van der Waals surface area contributed by atoms with Crippen LogP contribution >= 0.6 is 11.6 Å². The normalized spacial score (nSPS) is 14.9. The Bertz CT molecular complexity index is 1410. The number of aromatic nitrogens is 2. The predicted octanol–water partition coefficient (Wildman–Crippen LogP) is 5.04. The minimum Gasteiger partial charge on any atom is -0.342 e. The van der Waals surface area contributed by atoms with Gasteiger partial charge in [0.25, 0.3) is 15.9 Å². The summed E-state index contributed by atoms with van der Waals surface area (Å²) in [7, 11) is -3.87. The number of piperidine rings is 1. The standard InChI is InChI=1S/C25H23ClN4O3S/c26-18-9-11-19(12-10-18)34(32,33)29-21-6-2-1-5-20(21)25(31)30-15-13-17(14-16-30)24-27-22-7-3-4-8-23(22)28-24/h1-12,17,29H,13-16H2,(H,27,28). The Morgan fingerprint density at radius 1 is 0.971 bits per heavy atom. The van der Waals surface area contributed by atoms with Gasteiger partial charge < -0.3 is 9.88 Å². The summed E-state index contributed by atoms with van der Waals surface area (Å²) in [6.45, 7) is 1.14. The second-order valence-electron chi connectivity index (χ2n) is 8.31. The molecular formula is C25H23ClN4O3S. The fourth-order valence-corrected chi connectivity index (χ4v) is 5.47. The maximum atomic E-state index is 13.3. The highest BCUT2D eigenvalue weighted by Gasteiger charge is 2.28. The number of para-hydroxylation sites is 3. The summed E-state index contributed by atoms with van der Waals surface area (Å²) >= 11 is 5.87. The second kappa shape index (κ2) is 9.12. The zero-order valence-electron chi connectivity index (χ0n) is 18.2. The minimum absolute atomic E-state index is 0.0748. The molecule has 1 saturated heterocycles. The van der Waals surface area contributed by atoms with E-state index in [-0.39, 0.29) is 22.4 Å². The molecule has 9 heteroatoms. The molecule has 1 aromatic heterocycles. The van der Waals surface area contributed by atoms with Gasteiger partial charge in [-0.2, -0.15) is 0 Å². The lowest BCUT2D eigenvalue weighted by atomic mass is 9.95. The van der Waals surface area contributed by atoms with Crippen LogP contribution in [0.2, 0.25) is 5.02 Å². The number of likely N-dealkylation sites (tertiary alicyclic amines) is 1. The molecule has 1 aliphatic rings. The number of nitrogens with zero attached hydrogens (tertiary/aromatic N) is 2. The Hall–Kier alpha value is -3.36. The number of rotatable bonds is 5. The number of sulfonamides is 1. The first kappa shape index (κ1) is 22.4. The average Bonchev–Trinajstić information content (AvgIpc) is 3.29. The molecule has 34 heavy (non-hydrogen) atoms. The summed E-state index contributed by atoms with van der Waals surface area (Å²) in [5.74, 6) is 0.997. The number of carbonyl (C=O) groups is 1. The lowest BCUT2D eigenvalue weighted by Gasteiger charge is -2.31. The van der Waals surface area contributed by atoms with Crippen molar-refractivity contribution in [2.45, 2.75) is 23.7 Å². The van der Waals surface area contributed by atoms with Crippen LogP contribution in [-0.2, 0) is 10.0 Å². The van der Waals surface area contributed by atoms with Crippen LogP contribution in [0.5, 0.6) is 0 Å². The highest BCUT2D eigenvalue weighted by molar-refractivity contribution is 7.92. The topological polar surface area (TPSA) is 95.2 Å². The van der Waals surface area contributed by atoms with Crippen LogP contribution in [0.4, 0.5) is 5.69 Å². The van der Waals surface area contributed by atoms with E-state index in [0.717, 1.165) is 29.7 Å². The number of imidazole rings is 1. The number of hydrogen-bond acceptors (Lipinski definition) is 4. The summed E-state index contributed by atoms with van der Waals surface area (Å²) in [4.78, 5) is 23.3. The van der Waals surface area contributed by atoms with Gasteiger partial charge in [-0.25, -0.2) is 13.4 Å². The van der Waals surface area contributed by atoms with Crippen LogP contribution < -0.4 is 4.72 Å². The third-order valence-electron chi connectivity index (χ3n) is 6.10. The molecule has 174 valence electrons. The molecule has 0 unspecified atom stereocenters. The van der Waals surface area contributed by atoms with Gasteiger partial charge in [-0.1, -0.05) is 35.9 Å². The number of aromatic amines is 1. The van der Waals surface area contributed by atoms with Crippen molar-refractivity contribution in [2.75, 3.05) is 17.8 Å². The number of hydrogen-bond donors (Lipinski definition) is 2. The van der Waals surface area contributed by atoms with Gasteiger partial charge >= 0.3 is 0 Å². The van der Waals surface area contributed by atoms with E-state index in [0.29, 0.717) is 23.7 Å². The van der Waals surface area contributed by atoms with Gasteiger partial charge in [0, 0.05) is 24.0 Å². The van der Waals surface area contributed by atoms with Crippen molar-refractivity contribution < 1.29 is 13.2 Å². The first-order valence-corrected chi connectivity index (χ1v) is 12.9. The van der Waals surface area contributed by atoms with Crippen molar-refractivity contribution in [3.63, 3.8) is 0 Å². The highest BCUT2D eigenvalue weighted by atomic mass is 35.5. The van der Waals surface area contributed by atoms with E-state index in [1.54, 1.807) is 29.2 Å². The van der Waals surface area contributed by atoms with Crippen LogP contribution in [-0.4, -0.2) is 42.3 Å². The molecule has 2 heterocycles. The van der Waals surface area contributed by atoms with Crippen molar-refractivity contribution in [3.8, 4) is 0 Å². The van der Waals surface area contributed by atoms with Gasteiger partial charge in [0.05, 0.1) is 27.2 Å². The smallest absolute Gasteiger partial charge is 0.261 e. The molecule has 2 N–H and O–H groups in total. The van der Waals surface area contributed by atoms with E-state index >= 15 is 0 Å². The maximum absolute atomic E-state index is 13.3. The third kappa shape index (κ3) is 4.51. The predicted molar refractivity (Wildman–Crippen MR) is 133 cm³/mol. The van der Waals surface area contributed by atoms with E-state index < -0.39 is 10.0 Å². The zero-order valence-corrected chi connectivity index (χ0v) is 19.8. The van der Waals surface area contributed by atoms with Gasteiger partial charge in [-0.3, -0.25) is 9.52 Å². The average molecular weight is 495 g/mol. The van der Waals surface area contributed by atoms with E-state index in [9.17, 15) is 13.2 Å². The molecule has 0 saturated carbocycles. The number of H-pyrrole nitrogens is 1. The molecular weight excluding hydrogens is 472 g/mol. The fraction of sp³-hybridized carbons (Fsp3) is 0.200. The first-order valence-electron chi connectivity index (χ1n) is 11.0. The fourth-order valence-electron chi connectivity index (χ4n) is 4.27.